The van der Waals surface area contributed by atoms with Gasteiger partial charge >= 0.3 is 0 Å². The summed E-state index contributed by atoms with van der Waals surface area (Å²) in [6.07, 6.45) is 2.62. The van der Waals surface area contributed by atoms with E-state index in [0.717, 1.165) is 35.3 Å². The summed E-state index contributed by atoms with van der Waals surface area (Å²) in [5.74, 6) is 0. The van der Waals surface area contributed by atoms with Crippen molar-refractivity contribution in [2.24, 2.45) is 0 Å². The summed E-state index contributed by atoms with van der Waals surface area (Å²) in [6.45, 7) is 2.85. The van der Waals surface area contributed by atoms with Crippen molar-refractivity contribution < 1.29 is 4.74 Å². The summed E-state index contributed by atoms with van der Waals surface area (Å²) in [7, 11) is 0. The Bertz CT molecular complexity index is 364. The summed E-state index contributed by atoms with van der Waals surface area (Å²) in [5.41, 5.74) is 7.57. The minimum atomic E-state index is 0.440. The lowest BCUT2D eigenvalue weighted by Gasteiger charge is -2.36. The smallest absolute Gasteiger partial charge is 0.0614 e. The third-order valence-corrected chi connectivity index (χ3v) is 3.51. The third kappa shape index (κ3) is 2.68. The van der Waals surface area contributed by atoms with Gasteiger partial charge in [0.25, 0.3) is 0 Å². The molecule has 1 aromatic rings. The molecule has 0 spiro atoms. The second-order valence-corrected chi connectivity index (χ2v) is 4.98. The molecule has 0 amide bonds. The largest absolute Gasteiger partial charge is 0.399 e. The lowest BCUT2D eigenvalue weighted by molar-refractivity contribution is 0.00298. The predicted molar refractivity (Wildman–Crippen MR) is 70.6 cm³/mol. The monoisotopic (exact) mass is 284 g/mol. The summed E-state index contributed by atoms with van der Waals surface area (Å²) < 4.78 is 6.54. The third-order valence-electron chi connectivity index (χ3n) is 2.85. The van der Waals surface area contributed by atoms with Crippen LogP contribution < -0.4 is 11.1 Å². The molecule has 3 nitrogen and oxygen atoms in total. The molecule has 0 aliphatic heterocycles. The first-order valence-electron chi connectivity index (χ1n) is 5.62. The van der Waals surface area contributed by atoms with Crippen molar-refractivity contribution in [2.75, 3.05) is 17.7 Å². The van der Waals surface area contributed by atoms with Gasteiger partial charge in [-0.1, -0.05) is 0 Å². The number of nitrogens with two attached hydrogens (primary N) is 1. The van der Waals surface area contributed by atoms with E-state index in [0.29, 0.717) is 12.1 Å². The molecule has 1 fully saturated rings. The number of halogens is 1. The number of ether oxygens (including phenoxy) is 1. The van der Waals surface area contributed by atoms with E-state index in [2.05, 4.69) is 21.2 Å². The zero-order chi connectivity index (χ0) is 11.5. The van der Waals surface area contributed by atoms with Gasteiger partial charge in [0.05, 0.1) is 6.10 Å². The van der Waals surface area contributed by atoms with Crippen molar-refractivity contribution >= 4 is 27.3 Å². The summed E-state index contributed by atoms with van der Waals surface area (Å²) in [6, 6.07) is 6.36. The van der Waals surface area contributed by atoms with Crippen molar-refractivity contribution in [3.63, 3.8) is 0 Å². The highest BCUT2D eigenvalue weighted by Gasteiger charge is 2.29. The second-order valence-electron chi connectivity index (χ2n) is 4.13. The first-order chi connectivity index (χ1) is 7.69. The Morgan fingerprint density at radius 1 is 1.50 bits per heavy atom. The quantitative estimate of drug-likeness (QED) is 0.836. The second kappa shape index (κ2) is 5.06. The van der Waals surface area contributed by atoms with Gasteiger partial charge < -0.3 is 15.8 Å². The van der Waals surface area contributed by atoms with Gasteiger partial charge in [-0.2, -0.15) is 0 Å². The minimum absolute atomic E-state index is 0.440. The Morgan fingerprint density at radius 2 is 2.25 bits per heavy atom. The number of rotatable bonds is 4. The molecule has 1 aliphatic carbocycles. The lowest BCUT2D eigenvalue weighted by atomic mass is 9.89. The molecule has 0 atom stereocenters. The number of hydrogen-bond acceptors (Lipinski definition) is 3. The van der Waals surface area contributed by atoms with Crippen molar-refractivity contribution in [1.82, 2.24) is 0 Å². The maximum Gasteiger partial charge on any atom is 0.0614 e. The normalized spacial score (nSPS) is 23.9. The number of nitrogens with one attached hydrogen (secondary N) is 1. The van der Waals surface area contributed by atoms with Gasteiger partial charge in [-0.05, 0) is 53.9 Å². The van der Waals surface area contributed by atoms with Crippen molar-refractivity contribution in [3.8, 4) is 0 Å². The van der Waals surface area contributed by atoms with E-state index in [4.69, 9.17) is 10.5 Å². The summed E-state index contributed by atoms with van der Waals surface area (Å²) in [4.78, 5) is 0. The van der Waals surface area contributed by atoms with E-state index in [1.165, 1.54) is 0 Å². The molecule has 16 heavy (non-hydrogen) atoms. The van der Waals surface area contributed by atoms with E-state index in [1.54, 1.807) is 0 Å². The van der Waals surface area contributed by atoms with Crippen LogP contribution >= 0.6 is 15.9 Å². The van der Waals surface area contributed by atoms with Crippen molar-refractivity contribution in [2.45, 2.75) is 31.9 Å². The standard InChI is InChI=1S/C12H17BrN2O/c1-2-16-10-6-9(7-10)15-12-4-3-8(14)5-11(12)13/h3-5,9-10,15H,2,6-7,14H2,1H3. The van der Waals surface area contributed by atoms with Crippen LogP contribution in [0.15, 0.2) is 22.7 Å². The molecule has 3 N–H and O–H groups in total. The van der Waals surface area contributed by atoms with Gasteiger partial charge in [0.2, 0.25) is 0 Å². The Labute approximate surface area is 104 Å². The fourth-order valence-electron chi connectivity index (χ4n) is 1.92. The Morgan fingerprint density at radius 3 is 2.88 bits per heavy atom. The topological polar surface area (TPSA) is 47.3 Å². The summed E-state index contributed by atoms with van der Waals surface area (Å²) >= 11 is 3.50. The molecule has 2 rings (SSSR count). The predicted octanol–water partition coefficient (Wildman–Crippen LogP) is 3.01. The fourth-order valence-corrected chi connectivity index (χ4v) is 2.43. The molecular formula is C12H17BrN2O. The van der Waals surface area contributed by atoms with Gasteiger partial charge in [-0.15, -0.1) is 0 Å². The Hall–Kier alpha value is -0.740. The van der Waals surface area contributed by atoms with E-state index in [-0.39, 0.29) is 0 Å². The molecule has 0 aromatic heterocycles. The van der Waals surface area contributed by atoms with Crippen LogP contribution in [0.4, 0.5) is 11.4 Å². The van der Waals surface area contributed by atoms with Crippen LogP contribution in [0, 0.1) is 0 Å². The highest BCUT2D eigenvalue weighted by Crippen LogP contribution is 2.31. The Balaban J connectivity index is 1.87. The number of benzene rings is 1. The number of anilines is 2. The molecule has 0 saturated heterocycles. The average Bonchev–Trinajstić information content (AvgIpc) is 2.18. The van der Waals surface area contributed by atoms with E-state index < -0.39 is 0 Å². The molecule has 4 heteroatoms. The fraction of sp³-hybridized carbons (Fsp3) is 0.500. The first kappa shape index (κ1) is 11.7. The van der Waals surface area contributed by atoms with Gasteiger partial charge in [-0.25, -0.2) is 0 Å². The van der Waals surface area contributed by atoms with Crippen LogP contribution in [0.2, 0.25) is 0 Å². The van der Waals surface area contributed by atoms with Gasteiger partial charge in [0, 0.05) is 28.5 Å². The number of nitrogen functional groups attached to an aromatic ring is 1. The molecule has 0 radical (unpaired) electrons. The van der Waals surface area contributed by atoms with Crippen LogP contribution in [0.25, 0.3) is 0 Å². The molecular weight excluding hydrogens is 268 g/mol. The van der Waals surface area contributed by atoms with Crippen molar-refractivity contribution in [3.05, 3.63) is 22.7 Å². The zero-order valence-corrected chi connectivity index (χ0v) is 11.0. The Kier molecular flexibility index (Phi) is 3.71. The van der Waals surface area contributed by atoms with Crippen LogP contribution in [0.1, 0.15) is 19.8 Å². The lowest BCUT2D eigenvalue weighted by Crippen LogP contribution is -2.40. The minimum Gasteiger partial charge on any atom is -0.399 e. The van der Waals surface area contributed by atoms with Crippen LogP contribution in [-0.4, -0.2) is 18.8 Å². The highest BCUT2D eigenvalue weighted by atomic mass is 79.9. The molecule has 88 valence electrons. The average molecular weight is 285 g/mol. The summed E-state index contributed by atoms with van der Waals surface area (Å²) in [5, 5.41) is 3.48. The SMILES string of the molecule is CCOC1CC(Nc2ccc(N)cc2Br)C1. The molecule has 0 unspecified atom stereocenters. The van der Waals surface area contributed by atoms with E-state index in [9.17, 15) is 0 Å². The van der Waals surface area contributed by atoms with Gasteiger partial charge in [-0.3, -0.25) is 0 Å². The molecule has 0 heterocycles. The molecule has 1 aromatic carbocycles. The van der Waals surface area contributed by atoms with Crippen molar-refractivity contribution in [1.29, 1.82) is 0 Å². The molecule has 1 aliphatic rings. The molecule has 1 saturated carbocycles. The van der Waals surface area contributed by atoms with E-state index >= 15 is 0 Å². The van der Waals surface area contributed by atoms with Gasteiger partial charge in [0.15, 0.2) is 0 Å². The van der Waals surface area contributed by atoms with Crippen LogP contribution in [-0.2, 0) is 4.74 Å². The highest BCUT2D eigenvalue weighted by molar-refractivity contribution is 9.10. The first-order valence-corrected chi connectivity index (χ1v) is 6.41. The van der Waals surface area contributed by atoms with E-state index in [1.807, 2.05) is 25.1 Å². The maximum atomic E-state index is 5.69. The molecule has 0 bridgehead atoms. The number of hydrogen-bond donors (Lipinski definition) is 2. The van der Waals surface area contributed by atoms with Crippen LogP contribution in [0.3, 0.4) is 0 Å². The van der Waals surface area contributed by atoms with Gasteiger partial charge in [0.1, 0.15) is 0 Å². The van der Waals surface area contributed by atoms with Crippen LogP contribution in [0.5, 0.6) is 0 Å². The zero-order valence-electron chi connectivity index (χ0n) is 9.37. The maximum absolute atomic E-state index is 5.69.